The van der Waals surface area contributed by atoms with E-state index in [-0.39, 0.29) is 18.1 Å². The van der Waals surface area contributed by atoms with Crippen LogP contribution in [-0.4, -0.2) is 43.2 Å². The predicted octanol–water partition coefficient (Wildman–Crippen LogP) is 8.23. The number of ether oxygens (including phenoxy) is 4. The first-order valence-electron chi connectivity index (χ1n) is 15.6. The summed E-state index contributed by atoms with van der Waals surface area (Å²) in [6.07, 6.45) is 10.6. The van der Waals surface area contributed by atoms with Gasteiger partial charge in [0.15, 0.2) is 0 Å². The Hall–Kier alpha value is -5.47. The van der Waals surface area contributed by atoms with Crippen molar-refractivity contribution in [2.75, 3.05) is 19.8 Å². The van der Waals surface area contributed by atoms with Crippen LogP contribution in [0.2, 0.25) is 0 Å². The fourth-order valence-corrected chi connectivity index (χ4v) is 4.06. The van der Waals surface area contributed by atoms with E-state index in [0.29, 0.717) is 37.4 Å². The molecule has 252 valence electrons. The topological polar surface area (TPSA) is 108 Å². The molecule has 0 aliphatic carbocycles. The molecule has 0 aliphatic rings. The Morgan fingerprint density at radius 1 is 0.688 bits per heavy atom. The normalized spacial score (nSPS) is 10.2. The zero-order chi connectivity index (χ0) is 35.0. The maximum absolute atomic E-state index is 12.5. The molecule has 8 nitrogen and oxygen atoms in total. The number of aldehydes is 1. The summed E-state index contributed by atoms with van der Waals surface area (Å²) in [5.41, 5.74) is 3.97. The van der Waals surface area contributed by atoms with E-state index in [0.717, 1.165) is 66.4 Å². The highest BCUT2D eigenvalue weighted by molar-refractivity contribution is 5.93. The first-order chi connectivity index (χ1) is 23.3. The SMILES string of the molecule is C=CC=O.C=COC(=O)CCCCCOc1ccc(OC(=O)C(=C)/C=C\C(=C)c2ccc(-c3ccc(OCCCCO)cc3)cc2)cc1. The molecule has 0 bridgehead atoms. The smallest absolute Gasteiger partial charge is 0.342 e. The number of hydrogen-bond donors (Lipinski definition) is 1. The summed E-state index contributed by atoms with van der Waals surface area (Å²) in [4.78, 5) is 32.9. The van der Waals surface area contributed by atoms with Gasteiger partial charge in [-0.25, -0.2) is 4.79 Å². The van der Waals surface area contributed by atoms with E-state index in [2.05, 4.69) is 31.1 Å². The molecule has 48 heavy (non-hydrogen) atoms. The Balaban J connectivity index is 0.00000189. The molecule has 1 N–H and O–H groups in total. The van der Waals surface area contributed by atoms with Gasteiger partial charge in [0.1, 0.15) is 23.5 Å². The zero-order valence-electron chi connectivity index (χ0n) is 27.3. The minimum Gasteiger partial charge on any atom is -0.494 e. The highest BCUT2D eigenvalue weighted by Crippen LogP contribution is 2.25. The summed E-state index contributed by atoms with van der Waals surface area (Å²) in [7, 11) is 0. The Morgan fingerprint density at radius 3 is 1.75 bits per heavy atom. The third-order valence-corrected chi connectivity index (χ3v) is 6.65. The third-order valence-electron chi connectivity index (χ3n) is 6.65. The number of unbranched alkanes of at least 4 members (excludes halogenated alkanes) is 3. The molecule has 0 fully saturated rings. The van der Waals surface area contributed by atoms with Crippen molar-refractivity contribution in [1.29, 1.82) is 0 Å². The van der Waals surface area contributed by atoms with Crippen LogP contribution in [0.1, 0.15) is 44.1 Å². The van der Waals surface area contributed by atoms with Crippen LogP contribution in [0.4, 0.5) is 0 Å². The van der Waals surface area contributed by atoms with Crippen LogP contribution in [0.25, 0.3) is 16.7 Å². The number of allylic oxidation sites excluding steroid dienone is 3. The van der Waals surface area contributed by atoms with Gasteiger partial charge in [-0.1, -0.05) is 68.8 Å². The standard InChI is InChI=1S/C37H40O7.C3H4O/c1-4-41-36(39)10-6-5-8-26-42-34-21-23-35(24-22-34)44-37(40)29(3)12-11-28(2)30-13-15-31(16-14-30)32-17-19-33(20-18-32)43-27-9-7-25-38;1-2-3-4/h4,11-24,38H,1-3,5-10,25-27H2;2-3H,1H2/b12-11-;. The van der Waals surface area contributed by atoms with E-state index in [9.17, 15) is 9.59 Å². The molecular formula is C40H44O8. The average molecular weight is 653 g/mol. The molecule has 0 aliphatic heterocycles. The van der Waals surface area contributed by atoms with Crippen molar-refractivity contribution in [2.24, 2.45) is 0 Å². The Bertz CT molecular complexity index is 1490. The van der Waals surface area contributed by atoms with Gasteiger partial charge in [0, 0.05) is 13.0 Å². The summed E-state index contributed by atoms with van der Waals surface area (Å²) in [6, 6.07) is 22.7. The van der Waals surface area contributed by atoms with E-state index in [1.54, 1.807) is 36.4 Å². The summed E-state index contributed by atoms with van der Waals surface area (Å²) in [5.74, 6) is 1.00. The molecule has 0 radical (unpaired) electrons. The van der Waals surface area contributed by atoms with Gasteiger partial charge < -0.3 is 24.1 Å². The largest absolute Gasteiger partial charge is 0.494 e. The molecule has 0 unspecified atom stereocenters. The lowest BCUT2D eigenvalue weighted by atomic mass is 10.0. The first-order valence-corrected chi connectivity index (χ1v) is 15.6. The summed E-state index contributed by atoms with van der Waals surface area (Å²) < 4.78 is 21.5. The Labute approximate surface area is 283 Å². The van der Waals surface area contributed by atoms with Gasteiger partial charge in [0.25, 0.3) is 0 Å². The lowest BCUT2D eigenvalue weighted by molar-refractivity contribution is -0.138. The number of rotatable bonds is 20. The molecule has 0 spiro atoms. The van der Waals surface area contributed by atoms with E-state index in [1.165, 1.54) is 6.08 Å². The fraction of sp³-hybridized carbons (Fsp3) is 0.225. The molecule has 0 aromatic heterocycles. The summed E-state index contributed by atoms with van der Waals surface area (Å²) in [5, 5.41) is 8.86. The molecule has 3 aromatic rings. The molecule has 3 rings (SSSR count). The second-order valence-electron chi connectivity index (χ2n) is 10.3. The highest BCUT2D eigenvalue weighted by atomic mass is 16.5. The average Bonchev–Trinajstić information content (AvgIpc) is 3.11. The van der Waals surface area contributed by atoms with Crippen LogP contribution in [0, 0.1) is 0 Å². The van der Waals surface area contributed by atoms with Crippen molar-refractivity contribution in [1.82, 2.24) is 0 Å². The maximum Gasteiger partial charge on any atom is 0.342 e. The minimum atomic E-state index is -0.561. The van der Waals surface area contributed by atoms with Gasteiger partial charge in [-0.2, -0.15) is 0 Å². The molecule has 0 amide bonds. The van der Waals surface area contributed by atoms with E-state index in [1.807, 2.05) is 48.5 Å². The zero-order valence-corrected chi connectivity index (χ0v) is 27.3. The van der Waals surface area contributed by atoms with Gasteiger partial charge in [-0.15, -0.1) is 0 Å². The molecular weight excluding hydrogens is 608 g/mol. The molecule has 0 heterocycles. The van der Waals surface area contributed by atoms with Gasteiger partial charge in [-0.3, -0.25) is 9.59 Å². The van der Waals surface area contributed by atoms with Crippen molar-refractivity contribution in [3.63, 3.8) is 0 Å². The predicted molar refractivity (Wildman–Crippen MR) is 190 cm³/mol. The number of hydrogen-bond acceptors (Lipinski definition) is 8. The first kappa shape index (κ1) is 38.7. The Morgan fingerprint density at radius 2 is 1.21 bits per heavy atom. The van der Waals surface area contributed by atoms with E-state index in [4.69, 9.17) is 24.1 Å². The lowest BCUT2D eigenvalue weighted by Gasteiger charge is -2.08. The number of aliphatic hydroxyl groups is 1. The van der Waals surface area contributed by atoms with Crippen LogP contribution in [-0.2, 0) is 19.1 Å². The number of esters is 2. The lowest BCUT2D eigenvalue weighted by Crippen LogP contribution is -2.09. The van der Waals surface area contributed by atoms with Crippen molar-refractivity contribution >= 4 is 23.8 Å². The van der Waals surface area contributed by atoms with Gasteiger partial charge in [-0.05, 0) is 103 Å². The van der Waals surface area contributed by atoms with Crippen molar-refractivity contribution in [3.05, 3.63) is 135 Å². The summed E-state index contributed by atoms with van der Waals surface area (Å²) in [6.45, 7) is 15.7. The van der Waals surface area contributed by atoms with E-state index < -0.39 is 5.97 Å². The van der Waals surface area contributed by atoms with Crippen molar-refractivity contribution < 1.29 is 38.4 Å². The quantitative estimate of drug-likeness (QED) is 0.0247. The van der Waals surface area contributed by atoms with Crippen LogP contribution >= 0.6 is 0 Å². The molecule has 8 heteroatoms. The van der Waals surface area contributed by atoms with Crippen LogP contribution in [0.3, 0.4) is 0 Å². The number of carbonyl (C=O) groups excluding carboxylic acids is 3. The second-order valence-corrected chi connectivity index (χ2v) is 10.3. The Kier molecular flexibility index (Phi) is 18.5. The third kappa shape index (κ3) is 15.2. The van der Waals surface area contributed by atoms with Crippen molar-refractivity contribution in [2.45, 2.75) is 38.5 Å². The maximum atomic E-state index is 12.5. The van der Waals surface area contributed by atoms with Gasteiger partial charge >= 0.3 is 11.9 Å². The number of carbonyl (C=O) groups is 3. The van der Waals surface area contributed by atoms with Crippen molar-refractivity contribution in [3.8, 4) is 28.4 Å². The minimum absolute atomic E-state index is 0.178. The number of aliphatic hydroxyl groups excluding tert-OH is 1. The molecule has 3 aromatic carbocycles. The number of benzene rings is 3. The van der Waals surface area contributed by atoms with Gasteiger partial charge in [0.05, 0.1) is 25.0 Å². The fourth-order valence-electron chi connectivity index (χ4n) is 4.06. The molecule has 0 atom stereocenters. The van der Waals surface area contributed by atoms with Gasteiger partial charge in [0.2, 0.25) is 0 Å². The monoisotopic (exact) mass is 652 g/mol. The second kappa shape index (κ2) is 22.9. The summed E-state index contributed by atoms with van der Waals surface area (Å²) >= 11 is 0. The molecule has 0 saturated heterocycles. The van der Waals surface area contributed by atoms with Crippen LogP contribution < -0.4 is 14.2 Å². The van der Waals surface area contributed by atoms with Crippen LogP contribution in [0.15, 0.2) is 129 Å². The highest BCUT2D eigenvalue weighted by Gasteiger charge is 2.09. The van der Waals surface area contributed by atoms with E-state index >= 15 is 0 Å². The molecule has 0 saturated carbocycles. The van der Waals surface area contributed by atoms with Crippen LogP contribution in [0.5, 0.6) is 17.2 Å².